The van der Waals surface area contributed by atoms with Crippen LogP contribution in [0.3, 0.4) is 0 Å². The summed E-state index contributed by atoms with van der Waals surface area (Å²) >= 11 is 0. The Balaban J connectivity index is 0.000000202. The van der Waals surface area contributed by atoms with E-state index in [4.69, 9.17) is 0 Å². The van der Waals surface area contributed by atoms with Crippen molar-refractivity contribution in [2.75, 3.05) is 6.54 Å². The van der Waals surface area contributed by atoms with Gasteiger partial charge >= 0.3 is 0 Å². The van der Waals surface area contributed by atoms with Crippen LogP contribution in [0.4, 0.5) is 0 Å². The first-order valence-corrected chi connectivity index (χ1v) is 9.99. The van der Waals surface area contributed by atoms with E-state index >= 15 is 0 Å². The van der Waals surface area contributed by atoms with Crippen LogP contribution in [-0.4, -0.2) is 48.5 Å². The van der Waals surface area contributed by atoms with Gasteiger partial charge in [-0.05, 0) is 6.42 Å². The highest BCUT2D eigenvalue weighted by Gasteiger charge is 2.04. The van der Waals surface area contributed by atoms with E-state index in [9.17, 15) is 0 Å². The Hall–Kier alpha value is -2.38. The van der Waals surface area contributed by atoms with Gasteiger partial charge in [0.2, 0.25) is 0 Å². The van der Waals surface area contributed by atoms with E-state index in [1.54, 1.807) is 0 Å². The second kappa shape index (κ2) is 12.9. The quantitative estimate of drug-likeness (QED) is 0.806. The van der Waals surface area contributed by atoms with Crippen LogP contribution in [-0.2, 0) is 25.7 Å². The number of rotatable bonds is 6. The van der Waals surface area contributed by atoms with Crippen molar-refractivity contribution in [1.82, 2.24) is 30.4 Å². The summed E-state index contributed by atoms with van der Waals surface area (Å²) in [6.45, 7) is 13.2. The van der Waals surface area contributed by atoms with Crippen LogP contribution in [0.1, 0.15) is 77.7 Å². The SMILES string of the molecule is CCC1=NC(CC)=NC1.CCc1n[nH]c(CC)n1.CCc1n[nH]c(CC)n1. The van der Waals surface area contributed by atoms with Gasteiger partial charge in [-0.25, -0.2) is 15.0 Å². The molecular formula is C19H34N8. The number of aliphatic imine (C=N–C) groups is 2. The minimum Gasteiger partial charge on any atom is -0.264 e. The van der Waals surface area contributed by atoms with Crippen LogP contribution in [0.15, 0.2) is 9.98 Å². The number of hydrogen-bond acceptors (Lipinski definition) is 6. The zero-order valence-corrected chi connectivity index (χ0v) is 17.6. The molecule has 0 fully saturated rings. The number of aryl methyl sites for hydroxylation is 4. The van der Waals surface area contributed by atoms with Crippen molar-refractivity contribution < 1.29 is 0 Å². The van der Waals surface area contributed by atoms with Crippen LogP contribution < -0.4 is 0 Å². The van der Waals surface area contributed by atoms with Gasteiger partial charge in [0, 0.05) is 37.8 Å². The van der Waals surface area contributed by atoms with Crippen LogP contribution in [0.5, 0.6) is 0 Å². The fourth-order valence-corrected chi connectivity index (χ4v) is 2.12. The molecule has 1 aliphatic heterocycles. The molecule has 0 atom stereocenters. The molecule has 8 nitrogen and oxygen atoms in total. The molecule has 0 radical (unpaired) electrons. The van der Waals surface area contributed by atoms with Crippen LogP contribution in [0, 0.1) is 0 Å². The summed E-state index contributed by atoms with van der Waals surface area (Å²) in [5, 5.41) is 13.6. The highest BCUT2D eigenvalue weighted by atomic mass is 15.2. The number of nitrogens with one attached hydrogen (secondary N) is 2. The molecule has 0 spiro atoms. The molecule has 2 aromatic rings. The maximum atomic E-state index is 4.29. The fraction of sp³-hybridized carbons (Fsp3) is 0.684. The van der Waals surface area contributed by atoms with Gasteiger partial charge in [-0.2, -0.15) is 10.2 Å². The molecule has 0 unspecified atom stereocenters. The first-order valence-electron chi connectivity index (χ1n) is 9.99. The zero-order valence-electron chi connectivity index (χ0n) is 17.6. The molecule has 1 aliphatic rings. The molecule has 27 heavy (non-hydrogen) atoms. The van der Waals surface area contributed by atoms with Crippen LogP contribution in [0.25, 0.3) is 0 Å². The molecule has 0 saturated carbocycles. The summed E-state index contributed by atoms with van der Waals surface area (Å²) in [6, 6.07) is 0. The molecule has 0 amide bonds. The maximum absolute atomic E-state index is 4.29. The van der Waals surface area contributed by atoms with E-state index in [0.29, 0.717) is 0 Å². The maximum Gasteiger partial charge on any atom is 0.150 e. The molecule has 0 aromatic carbocycles. The molecule has 0 saturated heterocycles. The molecule has 2 aromatic heterocycles. The average molecular weight is 375 g/mol. The smallest absolute Gasteiger partial charge is 0.150 e. The van der Waals surface area contributed by atoms with Gasteiger partial charge in [-0.1, -0.05) is 41.5 Å². The largest absolute Gasteiger partial charge is 0.264 e. The fourth-order valence-electron chi connectivity index (χ4n) is 2.12. The lowest BCUT2D eigenvalue weighted by Gasteiger charge is -1.86. The highest BCUT2D eigenvalue weighted by molar-refractivity contribution is 6.03. The topological polar surface area (TPSA) is 108 Å². The predicted molar refractivity (Wildman–Crippen MR) is 111 cm³/mol. The monoisotopic (exact) mass is 374 g/mol. The second-order valence-electron chi connectivity index (χ2n) is 5.93. The van der Waals surface area contributed by atoms with Gasteiger partial charge < -0.3 is 0 Å². The summed E-state index contributed by atoms with van der Waals surface area (Å²) < 4.78 is 0. The van der Waals surface area contributed by atoms with Gasteiger partial charge in [0.1, 0.15) is 29.1 Å². The zero-order chi connectivity index (χ0) is 20.1. The lowest BCUT2D eigenvalue weighted by atomic mass is 10.3. The van der Waals surface area contributed by atoms with E-state index in [2.05, 4.69) is 68.0 Å². The van der Waals surface area contributed by atoms with Crippen molar-refractivity contribution >= 4 is 11.5 Å². The number of amidine groups is 1. The molecule has 0 bridgehead atoms. The summed E-state index contributed by atoms with van der Waals surface area (Å²) in [4.78, 5) is 16.9. The van der Waals surface area contributed by atoms with Crippen molar-refractivity contribution in [2.24, 2.45) is 9.98 Å². The Labute approximate surface area is 162 Å². The molecule has 2 N–H and O–H groups in total. The Bertz CT molecular complexity index is 632. The van der Waals surface area contributed by atoms with Gasteiger partial charge in [-0.15, -0.1) is 0 Å². The van der Waals surface area contributed by atoms with Gasteiger partial charge in [0.05, 0.1) is 6.54 Å². The van der Waals surface area contributed by atoms with Crippen LogP contribution in [0.2, 0.25) is 0 Å². The first-order chi connectivity index (χ1) is 13.1. The van der Waals surface area contributed by atoms with Crippen LogP contribution >= 0.6 is 0 Å². The predicted octanol–water partition coefficient (Wildman–Crippen LogP) is 3.52. The molecule has 3 rings (SSSR count). The van der Waals surface area contributed by atoms with Crippen molar-refractivity contribution in [3.05, 3.63) is 23.3 Å². The van der Waals surface area contributed by atoms with Crippen molar-refractivity contribution in [3.8, 4) is 0 Å². The third kappa shape index (κ3) is 8.23. The minimum atomic E-state index is 0.847. The molecule has 150 valence electrons. The Morgan fingerprint density at radius 2 is 1.19 bits per heavy atom. The Morgan fingerprint density at radius 3 is 1.41 bits per heavy atom. The summed E-state index contributed by atoms with van der Waals surface area (Å²) in [5.74, 6) is 4.80. The minimum absolute atomic E-state index is 0.847. The number of H-pyrrole nitrogens is 2. The molecule has 0 aliphatic carbocycles. The summed E-state index contributed by atoms with van der Waals surface area (Å²) in [6.07, 6.45) is 5.73. The third-order valence-corrected chi connectivity index (χ3v) is 3.91. The van der Waals surface area contributed by atoms with E-state index in [1.165, 1.54) is 5.71 Å². The number of hydrogen-bond donors (Lipinski definition) is 2. The summed E-state index contributed by atoms with van der Waals surface area (Å²) in [7, 11) is 0. The van der Waals surface area contributed by atoms with Crippen molar-refractivity contribution in [3.63, 3.8) is 0 Å². The second-order valence-corrected chi connectivity index (χ2v) is 5.93. The highest BCUT2D eigenvalue weighted by Crippen LogP contribution is 2.01. The average Bonchev–Trinajstić information content (AvgIpc) is 3.48. The van der Waals surface area contributed by atoms with E-state index in [-0.39, 0.29) is 0 Å². The standard InChI is InChI=1S/C7H12N2.2C6H11N3/c1-3-6-5-8-7(4-2)9-6;2*1-3-5-7-6(4-2)9-8-5/h3-5H2,1-2H3;2*3-4H2,1-2H3,(H,7,8,9). The van der Waals surface area contributed by atoms with Crippen molar-refractivity contribution in [2.45, 2.75) is 80.1 Å². The third-order valence-electron chi connectivity index (χ3n) is 3.91. The van der Waals surface area contributed by atoms with E-state index in [0.717, 1.165) is 74.2 Å². The number of aromatic amines is 2. The Kier molecular flexibility index (Phi) is 10.8. The van der Waals surface area contributed by atoms with Gasteiger partial charge in [-0.3, -0.25) is 15.2 Å². The van der Waals surface area contributed by atoms with Gasteiger partial charge in [0.25, 0.3) is 0 Å². The summed E-state index contributed by atoms with van der Waals surface area (Å²) in [5.41, 5.74) is 1.23. The Morgan fingerprint density at radius 1 is 0.667 bits per heavy atom. The molecule has 8 heteroatoms. The molecular weight excluding hydrogens is 340 g/mol. The normalized spacial score (nSPS) is 12.5. The number of aromatic nitrogens is 6. The lowest BCUT2D eigenvalue weighted by Crippen LogP contribution is -1.94. The van der Waals surface area contributed by atoms with E-state index < -0.39 is 0 Å². The van der Waals surface area contributed by atoms with Crippen molar-refractivity contribution in [1.29, 1.82) is 0 Å². The van der Waals surface area contributed by atoms with Gasteiger partial charge in [0.15, 0.2) is 0 Å². The van der Waals surface area contributed by atoms with E-state index in [1.807, 2.05) is 13.8 Å². The lowest BCUT2D eigenvalue weighted by molar-refractivity contribution is 0.936. The first kappa shape index (κ1) is 22.7. The molecule has 3 heterocycles. The number of nitrogens with zero attached hydrogens (tertiary/aromatic N) is 6.